The topological polar surface area (TPSA) is 110 Å². The SMILES string of the molecule is CCCCNC(=O)/C(O)=C(\O)CC(O)CO. The van der Waals surface area contributed by atoms with E-state index in [0.717, 1.165) is 12.8 Å². The number of unbranched alkanes of at least 4 members (excludes halogenated alkanes) is 1. The molecule has 0 radical (unpaired) electrons. The Morgan fingerprint density at radius 2 is 2.00 bits per heavy atom. The number of carbonyl (C=O) groups is 1. The molecule has 0 aliphatic heterocycles. The van der Waals surface area contributed by atoms with Crippen molar-refractivity contribution in [3.63, 3.8) is 0 Å². The lowest BCUT2D eigenvalue weighted by atomic mass is 10.2. The van der Waals surface area contributed by atoms with E-state index in [1.54, 1.807) is 0 Å². The zero-order valence-corrected chi connectivity index (χ0v) is 9.31. The fraction of sp³-hybridized carbons (Fsp3) is 0.700. The fourth-order valence-corrected chi connectivity index (χ4v) is 0.978. The van der Waals surface area contributed by atoms with E-state index < -0.39 is 30.1 Å². The summed E-state index contributed by atoms with van der Waals surface area (Å²) in [5, 5.41) is 38.4. The van der Waals surface area contributed by atoms with Gasteiger partial charge < -0.3 is 25.7 Å². The van der Waals surface area contributed by atoms with Crippen molar-refractivity contribution in [3.05, 3.63) is 11.5 Å². The molecular weight excluding hydrogens is 214 g/mol. The molecule has 0 rings (SSSR count). The summed E-state index contributed by atoms with van der Waals surface area (Å²) in [5.41, 5.74) is 0. The molecule has 1 atom stereocenters. The van der Waals surface area contributed by atoms with Crippen molar-refractivity contribution in [2.24, 2.45) is 0 Å². The van der Waals surface area contributed by atoms with E-state index in [-0.39, 0.29) is 6.42 Å². The first-order chi connectivity index (χ1) is 7.52. The van der Waals surface area contributed by atoms with Gasteiger partial charge in [-0.3, -0.25) is 4.79 Å². The third-order valence-corrected chi connectivity index (χ3v) is 1.94. The van der Waals surface area contributed by atoms with Gasteiger partial charge in [0.25, 0.3) is 5.91 Å². The molecular formula is C10H19NO5. The van der Waals surface area contributed by atoms with Crippen LogP contribution in [-0.4, -0.2) is 45.6 Å². The van der Waals surface area contributed by atoms with E-state index in [1.165, 1.54) is 0 Å². The highest BCUT2D eigenvalue weighted by molar-refractivity contribution is 5.91. The van der Waals surface area contributed by atoms with Crippen molar-refractivity contribution >= 4 is 5.91 Å². The van der Waals surface area contributed by atoms with Crippen molar-refractivity contribution in [3.8, 4) is 0 Å². The molecule has 0 aromatic rings. The molecule has 0 saturated carbocycles. The van der Waals surface area contributed by atoms with Crippen LogP contribution >= 0.6 is 0 Å². The van der Waals surface area contributed by atoms with Crippen molar-refractivity contribution < 1.29 is 25.2 Å². The van der Waals surface area contributed by atoms with Crippen molar-refractivity contribution in [2.45, 2.75) is 32.3 Å². The number of rotatable bonds is 7. The van der Waals surface area contributed by atoms with Gasteiger partial charge in [0.2, 0.25) is 5.76 Å². The Kier molecular flexibility index (Phi) is 7.32. The second-order valence-corrected chi connectivity index (χ2v) is 3.45. The third-order valence-electron chi connectivity index (χ3n) is 1.94. The predicted octanol–water partition coefficient (Wildman–Crippen LogP) is -0.0264. The molecule has 0 fully saturated rings. The average molecular weight is 233 g/mol. The maximum absolute atomic E-state index is 11.2. The summed E-state index contributed by atoms with van der Waals surface area (Å²) in [5.74, 6) is -2.23. The maximum Gasteiger partial charge on any atom is 0.289 e. The Morgan fingerprint density at radius 3 is 2.50 bits per heavy atom. The van der Waals surface area contributed by atoms with Crippen LogP contribution in [0.4, 0.5) is 0 Å². The quantitative estimate of drug-likeness (QED) is 0.241. The normalized spacial score (nSPS) is 14.2. The monoisotopic (exact) mass is 233 g/mol. The van der Waals surface area contributed by atoms with Gasteiger partial charge in [0.1, 0.15) is 5.76 Å². The molecule has 0 aromatic heterocycles. The Balaban J connectivity index is 4.21. The van der Waals surface area contributed by atoms with Crippen LogP contribution in [0.1, 0.15) is 26.2 Å². The summed E-state index contributed by atoms with van der Waals surface area (Å²) >= 11 is 0. The van der Waals surface area contributed by atoms with Gasteiger partial charge in [-0.05, 0) is 6.42 Å². The lowest BCUT2D eigenvalue weighted by Crippen LogP contribution is -2.27. The minimum atomic E-state index is -1.19. The van der Waals surface area contributed by atoms with E-state index in [9.17, 15) is 15.0 Å². The molecule has 94 valence electrons. The Morgan fingerprint density at radius 1 is 1.38 bits per heavy atom. The van der Waals surface area contributed by atoms with Gasteiger partial charge in [-0.1, -0.05) is 13.3 Å². The number of carbonyl (C=O) groups excluding carboxylic acids is 1. The molecule has 0 aromatic carbocycles. The summed E-state index contributed by atoms with van der Waals surface area (Å²) in [7, 11) is 0. The van der Waals surface area contributed by atoms with Gasteiger partial charge >= 0.3 is 0 Å². The van der Waals surface area contributed by atoms with Crippen molar-refractivity contribution in [2.75, 3.05) is 13.2 Å². The smallest absolute Gasteiger partial charge is 0.289 e. The van der Waals surface area contributed by atoms with Crippen LogP contribution in [0.15, 0.2) is 11.5 Å². The van der Waals surface area contributed by atoms with Crippen LogP contribution in [0, 0.1) is 0 Å². The molecule has 1 unspecified atom stereocenters. The lowest BCUT2D eigenvalue weighted by Gasteiger charge is -2.08. The first-order valence-electron chi connectivity index (χ1n) is 5.21. The third kappa shape index (κ3) is 5.57. The summed E-state index contributed by atoms with van der Waals surface area (Å²) in [6.07, 6.45) is 0.133. The van der Waals surface area contributed by atoms with Gasteiger partial charge in [-0.15, -0.1) is 0 Å². The summed E-state index contributed by atoms with van der Waals surface area (Å²) < 4.78 is 0. The molecule has 1 amide bonds. The van der Waals surface area contributed by atoms with Gasteiger partial charge in [-0.25, -0.2) is 0 Å². The fourth-order valence-electron chi connectivity index (χ4n) is 0.978. The van der Waals surface area contributed by atoms with Gasteiger partial charge in [0, 0.05) is 13.0 Å². The molecule has 0 aliphatic carbocycles. The molecule has 5 N–H and O–H groups in total. The zero-order valence-electron chi connectivity index (χ0n) is 9.31. The molecule has 0 heterocycles. The minimum absolute atomic E-state index is 0.358. The summed E-state index contributed by atoms with van der Waals surface area (Å²) in [6, 6.07) is 0. The highest BCUT2D eigenvalue weighted by atomic mass is 16.3. The minimum Gasteiger partial charge on any atom is -0.508 e. The Bertz CT molecular complexity index is 252. The molecule has 6 nitrogen and oxygen atoms in total. The Hall–Kier alpha value is -1.27. The molecule has 0 bridgehead atoms. The number of hydrogen-bond acceptors (Lipinski definition) is 5. The first kappa shape index (κ1) is 14.7. The number of amides is 1. The molecule has 0 aliphatic rings. The zero-order chi connectivity index (χ0) is 12.6. The van der Waals surface area contributed by atoms with Gasteiger partial charge in [0.15, 0.2) is 0 Å². The van der Waals surface area contributed by atoms with E-state index in [4.69, 9.17) is 10.2 Å². The Labute approximate surface area is 94.2 Å². The second kappa shape index (κ2) is 7.95. The van der Waals surface area contributed by atoms with Crippen molar-refractivity contribution in [1.29, 1.82) is 0 Å². The number of nitrogens with one attached hydrogen (secondary N) is 1. The summed E-state index contributed by atoms with van der Waals surface area (Å²) in [4.78, 5) is 11.2. The van der Waals surface area contributed by atoms with Crippen molar-refractivity contribution in [1.82, 2.24) is 5.32 Å². The van der Waals surface area contributed by atoms with Gasteiger partial charge in [0.05, 0.1) is 12.7 Å². The standard InChI is InChI=1S/C10H19NO5/c1-2-3-4-11-10(16)9(15)8(14)5-7(13)6-12/h7,12-15H,2-6H2,1H3,(H,11,16)/b9-8+. The highest BCUT2D eigenvalue weighted by Gasteiger charge is 2.15. The van der Waals surface area contributed by atoms with Crippen LogP contribution in [0.5, 0.6) is 0 Å². The van der Waals surface area contributed by atoms with Crippen LogP contribution in [0.2, 0.25) is 0 Å². The molecule has 0 spiro atoms. The number of hydrogen-bond donors (Lipinski definition) is 5. The predicted molar refractivity (Wildman–Crippen MR) is 57.9 cm³/mol. The molecule has 6 heteroatoms. The van der Waals surface area contributed by atoms with Crippen LogP contribution in [0.25, 0.3) is 0 Å². The van der Waals surface area contributed by atoms with E-state index >= 15 is 0 Å². The number of aliphatic hydroxyl groups is 4. The van der Waals surface area contributed by atoms with Gasteiger partial charge in [-0.2, -0.15) is 0 Å². The van der Waals surface area contributed by atoms with Crippen LogP contribution < -0.4 is 5.32 Å². The molecule has 16 heavy (non-hydrogen) atoms. The van der Waals surface area contributed by atoms with Crippen LogP contribution in [-0.2, 0) is 4.79 Å². The maximum atomic E-state index is 11.2. The highest BCUT2D eigenvalue weighted by Crippen LogP contribution is 2.06. The van der Waals surface area contributed by atoms with E-state index in [1.807, 2.05) is 6.92 Å². The largest absolute Gasteiger partial charge is 0.508 e. The first-order valence-corrected chi connectivity index (χ1v) is 5.21. The average Bonchev–Trinajstić information content (AvgIpc) is 2.27. The number of aliphatic hydroxyl groups excluding tert-OH is 4. The second-order valence-electron chi connectivity index (χ2n) is 3.45. The summed E-state index contributed by atoms with van der Waals surface area (Å²) in [6.45, 7) is 1.82. The van der Waals surface area contributed by atoms with E-state index in [2.05, 4.69) is 5.32 Å². The van der Waals surface area contributed by atoms with Crippen LogP contribution in [0.3, 0.4) is 0 Å². The van der Waals surface area contributed by atoms with E-state index in [0.29, 0.717) is 6.54 Å². The lowest BCUT2D eigenvalue weighted by molar-refractivity contribution is -0.120. The molecule has 0 saturated heterocycles.